The van der Waals surface area contributed by atoms with Crippen molar-refractivity contribution < 1.29 is 0 Å². The summed E-state index contributed by atoms with van der Waals surface area (Å²) in [6, 6.07) is 10.0. The van der Waals surface area contributed by atoms with Crippen LogP contribution in [0.4, 0.5) is 0 Å². The van der Waals surface area contributed by atoms with E-state index in [-0.39, 0.29) is 0 Å². The van der Waals surface area contributed by atoms with Crippen LogP contribution in [-0.4, -0.2) is 6.54 Å². The summed E-state index contributed by atoms with van der Waals surface area (Å²) in [7, 11) is 0. The number of hydrogen-bond donors (Lipinski definition) is 1. The molecule has 2 fully saturated rings. The Morgan fingerprint density at radius 1 is 1.22 bits per heavy atom. The maximum atomic E-state index is 3.75. The maximum Gasteiger partial charge on any atom is 0.0348 e. The molecule has 0 heterocycles. The molecule has 1 heteroatoms. The molecule has 0 amide bonds. The normalized spacial score (nSPS) is 21.6. The summed E-state index contributed by atoms with van der Waals surface area (Å²) in [6.45, 7) is 3.40. The van der Waals surface area contributed by atoms with E-state index in [0.717, 1.165) is 18.4 Å². The zero-order valence-corrected chi connectivity index (χ0v) is 11.5. The van der Waals surface area contributed by atoms with Crippen LogP contribution in [0.3, 0.4) is 0 Å². The molecule has 0 bridgehead atoms. The lowest BCUT2D eigenvalue weighted by Crippen LogP contribution is -2.24. The van der Waals surface area contributed by atoms with Crippen LogP contribution < -0.4 is 5.32 Å². The first-order valence-electron chi connectivity index (χ1n) is 7.71. The van der Waals surface area contributed by atoms with E-state index in [1.807, 2.05) is 0 Å². The predicted octanol–water partition coefficient (Wildman–Crippen LogP) is 4.40. The lowest BCUT2D eigenvalue weighted by atomic mass is 9.79. The Morgan fingerprint density at radius 3 is 2.67 bits per heavy atom. The van der Waals surface area contributed by atoms with Gasteiger partial charge in [0.15, 0.2) is 0 Å². The highest BCUT2D eigenvalue weighted by Crippen LogP contribution is 2.42. The highest BCUT2D eigenvalue weighted by atomic mass is 14.9. The van der Waals surface area contributed by atoms with E-state index in [2.05, 4.69) is 36.5 Å². The largest absolute Gasteiger partial charge is 0.310 e. The van der Waals surface area contributed by atoms with Gasteiger partial charge < -0.3 is 5.32 Å². The molecule has 18 heavy (non-hydrogen) atoms. The van der Waals surface area contributed by atoms with Crippen molar-refractivity contribution in [1.82, 2.24) is 5.32 Å². The first kappa shape index (κ1) is 12.2. The van der Waals surface area contributed by atoms with E-state index in [4.69, 9.17) is 0 Å². The molecule has 3 rings (SSSR count). The Hall–Kier alpha value is -0.820. The molecule has 1 N–H and O–H groups in total. The maximum absolute atomic E-state index is 3.75. The second kappa shape index (κ2) is 5.44. The van der Waals surface area contributed by atoms with Crippen molar-refractivity contribution in [2.45, 2.75) is 57.4 Å². The van der Waals surface area contributed by atoms with E-state index in [9.17, 15) is 0 Å². The lowest BCUT2D eigenvalue weighted by molar-refractivity contribution is 0.418. The van der Waals surface area contributed by atoms with Gasteiger partial charge in [0, 0.05) is 6.04 Å². The third-order valence-electron chi connectivity index (χ3n) is 4.55. The van der Waals surface area contributed by atoms with Crippen LogP contribution in [0.5, 0.6) is 0 Å². The number of hydrogen-bond acceptors (Lipinski definition) is 1. The molecule has 1 nitrogen and oxygen atoms in total. The van der Waals surface area contributed by atoms with Gasteiger partial charge in [-0.1, -0.05) is 37.6 Å². The van der Waals surface area contributed by atoms with Crippen LogP contribution in [0.15, 0.2) is 24.3 Å². The van der Waals surface area contributed by atoms with Gasteiger partial charge in [-0.3, -0.25) is 0 Å². The van der Waals surface area contributed by atoms with Crippen LogP contribution in [0, 0.1) is 5.92 Å². The van der Waals surface area contributed by atoms with Gasteiger partial charge in [-0.15, -0.1) is 0 Å². The lowest BCUT2D eigenvalue weighted by Gasteiger charge is -2.27. The summed E-state index contributed by atoms with van der Waals surface area (Å²) >= 11 is 0. The summed E-state index contributed by atoms with van der Waals surface area (Å²) in [5, 5.41) is 3.75. The highest BCUT2D eigenvalue weighted by Gasteiger charge is 2.32. The van der Waals surface area contributed by atoms with Crippen molar-refractivity contribution >= 4 is 0 Å². The van der Waals surface area contributed by atoms with Crippen molar-refractivity contribution in [2.75, 3.05) is 6.54 Å². The second-order valence-corrected chi connectivity index (χ2v) is 6.07. The molecule has 0 aromatic heterocycles. The van der Waals surface area contributed by atoms with Crippen molar-refractivity contribution in [3.8, 4) is 0 Å². The minimum atomic E-state index is 0.616. The fourth-order valence-corrected chi connectivity index (χ4v) is 3.03. The van der Waals surface area contributed by atoms with E-state index < -0.39 is 0 Å². The van der Waals surface area contributed by atoms with Gasteiger partial charge in [0.25, 0.3) is 0 Å². The Kier molecular flexibility index (Phi) is 3.69. The summed E-state index contributed by atoms with van der Waals surface area (Å²) in [4.78, 5) is 0. The molecule has 1 unspecified atom stereocenters. The molecule has 0 spiro atoms. The number of rotatable bonds is 6. The minimum absolute atomic E-state index is 0.616. The molecular formula is C17H25N. The molecule has 0 saturated heterocycles. The van der Waals surface area contributed by atoms with Gasteiger partial charge in [-0.25, -0.2) is 0 Å². The van der Waals surface area contributed by atoms with Crippen LogP contribution in [-0.2, 0) is 0 Å². The average Bonchev–Trinajstić information content (AvgIpc) is 3.12. The Labute approximate surface area is 111 Å². The smallest absolute Gasteiger partial charge is 0.0348 e. The Balaban J connectivity index is 1.75. The first-order chi connectivity index (χ1) is 8.88. The highest BCUT2D eigenvalue weighted by molar-refractivity contribution is 5.30. The minimum Gasteiger partial charge on any atom is -0.310 e. The van der Waals surface area contributed by atoms with Gasteiger partial charge >= 0.3 is 0 Å². The molecule has 2 aliphatic rings. The fraction of sp³-hybridized carbons (Fsp3) is 0.647. The molecule has 0 radical (unpaired) electrons. The van der Waals surface area contributed by atoms with Crippen LogP contribution >= 0.6 is 0 Å². The Bertz CT molecular complexity index is 390. The topological polar surface area (TPSA) is 12.0 Å². The summed E-state index contributed by atoms with van der Waals surface area (Å²) < 4.78 is 0. The van der Waals surface area contributed by atoms with Gasteiger partial charge in [0.1, 0.15) is 0 Å². The molecule has 1 aromatic rings. The number of benzene rings is 1. The van der Waals surface area contributed by atoms with Crippen molar-refractivity contribution in [1.29, 1.82) is 0 Å². The zero-order valence-electron chi connectivity index (χ0n) is 11.5. The van der Waals surface area contributed by atoms with Gasteiger partial charge in [0.05, 0.1) is 0 Å². The predicted molar refractivity (Wildman–Crippen MR) is 76.8 cm³/mol. The van der Waals surface area contributed by atoms with Crippen LogP contribution in [0.25, 0.3) is 0 Å². The SMILES string of the molecule is CCCNC(c1cccc(C2CCC2)c1)C1CC1. The molecule has 98 valence electrons. The van der Waals surface area contributed by atoms with Gasteiger partial charge in [-0.05, 0) is 61.6 Å². The monoisotopic (exact) mass is 243 g/mol. The third-order valence-corrected chi connectivity index (χ3v) is 4.55. The standard InChI is InChI=1S/C17H25N/c1-2-11-18-17(14-9-10-14)16-8-4-7-15(12-16)13-5-3-6-13/h4,7-8,12-14,17-18H,2-3,5-6,9-11H2,1H3. The summed E-state index contributed by atoms with van der Waals surface area (Å²) in [5.74, 6) is 1.75. The Morgan fingerprint density at radius 2 is 2.06 bits per heavy atom. The number of nitrogens with one attached hydrogen (secondary N) is 1. The van der Waals surface area contributed by atoms with E-state index in [1.54, 1.807) is 5.56 Å². The van der Waals surface area contributed by atoms with Crippen molar-refractivity contribution in [3.63, 3.8) is 0 Å². The molecule has 1 atom stereocenters. The fourth-order valence-electron chi connectivity index (χ4n) is 3.03. The zero-order chi connectivity index (χ0) is 12.4. The molecule has 1 aromatic carbocycles. The van der Waals surface area contributed by atoms with E-state index >= 15 is 0 Å². The molecule has 2 saturated carbocycles. The summed E-state index contributed by atoms with van der Waals surface area (Å²) in [6.07, 6.45) is 8.28. The molecule has 2 aliphatic carbocycles. The quantitative estimate of drug-likeness (QED) is 0.780. The molecular weight excluding hydrogens is 218 g/mol. The third kappa shape index (κ3) is 2.61. The molecule has 0 aliphatic heterocycles. The summed E-state index contributed by atoms with van der Waals surface area (Å²) in [5.41, 5.74) is 3.12. The van der Waals surface area contributed by atoms with Crippen molar-refractivity contribution in [2.24, 2.45) is 5.92 Å². The first-order valence-corrected chi connectivity index (χ1v) is 7.71. The van der Waals surface area contributed by atoms with Crippen LogP contribution in [0.2, 0.25) is 0 Å². The van der Waals surface area contributed by atoms with E-state index in [0.29, 0.717) is 6.04 Å². The van der Waals surface area contributed by atoms with E-state index in [1.165, 1.54) is 44.1 Å². The second-order valence-electron chi connectivity index (χ2n) is 6.07. The van der Waals surface area contributed by atoms with Crippen molar-refractivity contribution in [3.05, 3.63) is 35.4 Å². The van der Waals surface area contributed by atoms with Crippen LogP contribution in [0.1, 0.15) is 68.5 Å². The van der Waals surface area contributed by atoms with Gasteiger partial charge in [0.2, 0.25) is 0 Å². The average molecular weight is 243 g/mol. The van der Waals surface area contributed by atoms with Gasteiger partial charge in [-0.2, -0.15) is 0 Å².